The lowest BCUT2D eigenvalue weighted by Crippen LogP contribution is -2.49. The van der Waals surface area contributed by atoms with Gasteiger partial charge in [0.25, 0.3) is 0 Å². The molecule has 1 atom stereocenters. The molecule has 3 aromatic rings. The number of fused-ring (bicyclic) bond motifs is 1. The van der Waals surface area contributed by atoms with Crippen LogP contribution >= 0.6 is 0 Å². The highest BCUT2D eigenvalue weighted by molar-refractivity contribution is 5.93. The van der Waals surface area contributed by atoms with Crippen LogP contribution in [0, 0.1) is 0 Å². The molecule has 3 aromatic carbocycles. The molecule has 0 radical (unpaired) electrons. The van der Waals surface area contributed by atoms with E-state index in [1.165, 1.54) is 13.5 Å². The van der Waals surface area contributed by atoms with Crippen LogP contribution in [0.2, 0.25) is 0 Å². The third-order valence-corrected chi connectivity index (χ3v) is 7.37. The van der Waals surface area contributed by atoms with Crippen molar-refractivity contribution in [2.24, 2.45) is 10.7 Å². The number of carbonyl (C=O) groups excluding carboxylic acids is 2. The Labute approximate surface area is 259 Å². The molecule has 2 N–H and O–H groups in total. The number of amides is 1. The van der Waals surface area contributed by atoms with Gasteiger partial charge in [-0.05, 0) is 55.3 Å². The fourth-order valence-corrected chi connectivity index (χ4v) is 4.98. The fraction of sp³-hybridized carbons (Fsp3) is 0.382. The molecular weight excluding hydrogens is 560 g/mol. The van der Waals surface area contributed by atoms with E-state index < -0.39 is 6.23 Å². The normalized spacial score (nSPS) is 12.9. The summed E-state index contributed by atoms with van der Waals surface area (Å²) in [6, 6.07) is 20.4. The van der Waals surface area contributed by atoms with Gasteiger partial charge in [-0.1, -0.05) is 44.4 Å². The first-order valence-corrected chi connectivity index (χ1v) is 15.0. The number of para-hydroxylation sites is 1. The molecule has 1 heterocycles. The molecule has 1 unspecified atom stereocenters. The molecule has 4 rings (SSSR count). The molecule has 0 saturated heterocycles. The number of anilines is 1. The Balaban J connectivity index is 1.35. The number of benzene rings is 3. The van der Waals surface area contributed by atoms with Crippen LogP contribution < -0.4 is 29.6 Å². The first-order valence-electron chi connectivity index (χ1n) is 15.0. The molecule has 1 amide bonds. The number of unbranched alkanes of at least 4 members (excludes halogenated alkanes) is 3. The number of rotatable bonds is 17. The summed E-state index contributed by atoms with van der Waals surface area (Å²) in [6.07, 6.45) is 5.00. The topological polar surface area (TPSA) is 116 Å². The number of aliphatic imine (C=N–C) groups is 1. The minimum absolute atomic E-state index is 0.0931. The highest BCUT2D eigenvalue weighted by atomic mass is 16.5. The van der Waals surface area contributed by atoms with E-state index in [1.807, 2.05) is 53.4 Å². The predicted octanol–water partition coefficient (Wildman–Crippen LogP) is 5.84. The Bertz CT molecular complexity index is 1410. The van der Waals surface area contributed by atoms with Crippen molar-refractivity contribution in [1.29, 1.82) is 0 Å². The largest absolute Gasteiger partial charge is 0.497 e. The van der Waals surface area contributed by atoms with Gasteiger partial charge in [-0.15, -0.1) is 0 Å². The number of ether oxygens (including phenoxy) is 4. The average Bonchev–Trinajstić information content (AvgIpc) is 3.05. The molecule has 0 fully saturated rings. The van der Waals surface area contributed by atoms with Gasteiger partial charge < -0.3 is 29.6 Å². The minimum Gasteiger partial charge on any atom is -0.497 e. The zero-order valence-electron chi connectivity index (χ0n) is 25.7. The molecule has 44 heavy (non-hydrogen) atoms. The van der Waals surface area contributed by atoms with Gasteiger partial charge in [0.1, 0.15) is 11.5 Å². The maximum atomic E-state index is 13.2. The number of carbonyl (C=O) groups is 2. The maximum Gasteiger partial charge on any atom is 0.231 e. The second-order valence-corrected chi connectivity index (χ2v) is 10.4. The number of hydrogen-bond donors (Lipinski definition) is 1. The van der Waals surface area contributed by atoms with E-state index in [2.05, 4.69) is 11.9 Å². The first kappa shape index (κ1) is 32.2. The van der Waals surface area contributed by atoms with Crippen LogP contribution in [0.1, 0.15) is 51.0 Å². The summed E-state index contributed by atoms with van der Waals surface area (Å²) in [6.45, 7) is 3.56. The van der Waals surface area contributed by atoms with Gasteiger partial charge in [0.15, 0.2) is 23.7 Å². The zero-order chi connectivity index (χ0) is 31.3. The summed E-state index contributed by atoms with van der Waals surface area (Å²) < 4.78 is 22.6. The summed E-state index contributed by atoms with van der Waals surface area (Å²) in [5.41, 5.74) is 8.68. The van der Waals surface area contributed by atoms with Crippen LogP contribution in [0.15, 0.2) is 71.7 Å². The Hall–Kier alpha value is -4.73. The molecule has 0 aromatic heterocycles. The van der Waals surface area contributed by atoms with Crippen molar-refractivity contribution in [3.8, 4) is 23.0 Å². The quantitative estimate of drug-likeness (QED) is 0.151. The number of nitrogens with zero attached hydrogens (tertiary/aromatic N) is 3. The van der Waals surface area contributed by atoms with Gasteiger partial charge in [-0.3, -0.25) is 14.5 Å². The van der Waals surface area contributed by atoms with Crippen molar-refractivity contribution in [2.45, 2.75) is 58.2 Å². The monoisotopic (exact) mass is 602 g/mol. The Morgan fingerprint density at radius 2 is 1.77 bits per heavy atom. The lowest BCUT2D eigenvalue weighted by atomic mass is 10.1. The standard InChI is InChI=1S/C34H42N4O6/c1-4-5-6-10-19-37(26-12-8-7-9-13-26)32(40)14-11-20-43-28-15-17-29-25(21-28)23-38(34(35)36-29)33(24-39)44-30-18-16-27(41-2)22-31(30)42-3/h7-9,12-13,15-18,21-22,24,33H,4-6,10-11,14,19-20,23H2,1-3H3,(H2,35,36). The maximum absolute atomic E-state index is 13.2. The zero-order valence-corrected chi connectivity index (χ0v) is 25.7. The molecule has 0 spiro atoms. The van der Waals surface area contributed by atoms with Crippen molar-refractivity contribution in [1.82, 2.24) is 4.90 Å². The van der Waals surface area contributed by atoms with E-state index in [9.17, 15) is 9.59 Å². The van der Waals surface area contributed by atoms with Crippen molar-refractivity contribution in [2.75, 3.05) is 32.3 Å². The predicted molar refractivity (Wildman–Crippen MR) is 171 cm³/mol. The van der Waals surface area contributed by atoms with Gasteiger partial charge in [0.05, 0.1) is 33.1 Å². The lowest BCUT2D eigenvalue weighted by Gasteiger charge is -2.32. The highest BCUT2D eigenvalue weighted by Crippen LogP contribution is 2.34. The van der Waals surface area contributed by atoms with E-state index >= 15 is 0 Å². The van der Waals surface area contributed by atoms with Crippen LogP contribution in [0.5, 0.6) is 23.0 Å². The molecule has 0 saturated carbocycles. The van der Waals surface area contributed by atoms with Gasteiger partial charge in [0, 0.05) is 30.3 Å². The van der Waals surface area contributed by atoms with Crippen LogP contribution in [0.3, 0.4) is 0 Å². The second kappa shape index (κ2) is 16.2. The molecule has 10 nitrogen and oxygen atoms in total. The van der Waals surface area contributed by atoms with Crippen LogP contribution in [0.4, 0.5) is 11.4 Å². The second-order valence-electron chi connectivity index (χ2n) is 10.4. The summed E-state index contributed by atoms with van der Waals surface area (Å²) in [7, 11) is 3.06. The average molecular weight is 603 g/mol. The third-order valence-electron chi connectivity index (χ3n) is 7.37. The summed E-state index contributed by atoms with van der Waals surface area (Å²) in [5, 5.41) is 0. The Kier molecular flexibility index (Phi) is 11.9. The smallest absolute Gasteiger partial charge is 0.231 e. The Morgan fingerprint density at radius 3 is 2.50 bits per heavy atom. The number of methoxy groups -OCH3 is 2. The Morgan fingerprint density at radius 1 is 0.977 bits per heavy atom. The van der Waals surface area contributed by atoms with Crippen molar-refractivity contribution in [3.63, 3.8) is 0 Å². The molecule has 1 aliphatic rings. The first-order chi connectivity index (χ1) is 21.5. The van der Waals surface area contributed by atoms with E-state index in [1.54, 1.807) is 30.2 Å². The number of nitrogens with two attached hydrogens (primary N) is 1. The molecule has 234 valence electrons. The molecule has 1 aliphatic heterocycles. The van der Waals surface area contributed by atoms with Gasteiger partial charge >= 0.3 is 0 Å². The molecular formula is C34H42N4O6. The summed E-state index contributed by atoms with van der Waals surface area (Å²) in [4.78, 5) is 33.2. The van der Waals surface area contributed by atoms with Gasteiger partial charge in [-0.25, -0.2) is 4.99 Å². The number of guanidine groups is 1. The third kappa shape index (κ3) is 8.43. The molecule has 10 heteroatoms. The fourth-order valence-electron chi connectivity index (χ4n) is 4.98. The van der Waals surface area contributed by atoms with Crippen LogP contribution in [-0.4, -0.2) is 56.7 Å². The summed E-state index contributed by atoms with van der Waals surface area (Å²) in [5.74, 6) is 2.27. The van der Waals surface area contributed by atoms with Gasteiger partial charge in [-0.2, -0.15) is 0 Å². The van der Waals surface area contributed by atoms with E-state index in [4.69, 9.17) is 24.7 Å². The van der Waals surface area contributed by atoms with E-state index in [0.29, 0.717) is 61.0 Å². The lowest BCUT2D eigenvalue weighted by molar-refractivity contribution is -0.119. The highest BCUT2D eigenvalue weighted by Gasteiger charge is 2.28. The summed E-state index contributed by atoms with van der Waals surface area (Å²) >= 11 is 0. The molecule has 0 aliphatic carbocycles. The SMILES string of the molecule is CCCCCCN(C(=O)CCCOc1ccc2c(c1)CN(C(C=O)Oc1ccc(OC)cc1OC)C(N)=N2)c1ccccc1. The van der Waals surface area contributed by atoms with Crippen molar-refractivity contribution < 1.29 is 28.5 Å². The van der Waals surface area contributed by atoms with Crippen LogP contribution in [-0.2, 0) is 16.1 Å². The van der Waals surface area contributed by atoms with Crippen LogP contribution in [0.25, 0.3) is 0 Å². The molecule has 0 bridgehead atoms. The van der Waals surface area contributed by atoms with Gasteiger partial charge in [0.2, 0.25) is 12.1 Å². The van der Waals surface area contributed by atoms with E-state index in [0.717, 1.165) is 30.5 Å². The number of aldehydes is 1. The van der Waals surface area contributed by atoms with Crippen molar-refractivity contribution >= 4 is 29.5 Å². The van der Waals surface area contributed by atoms with E-state index in [-0.39, 0.29) is 18.4 Å². The van der Waals surface area contributed by atoms with Crippen molar-refractivity contribution in [3.05, 3.63) is 72.3 Å². The number of hydrogen-bond acceptors (Lipinski definition) is 9. The minimum atomic E-state index is -1.04.